The lowest BCUT2D eigenvalue weighted by molar-refractivity contribution is 0.431. The fourth-order valence-corrected chi connectivity index (χ4v) is 1.89. The van der Waals surface area contributed by atoms with E-state index in [1.807, 2.05) is 5.38 Å². The van der Waals surface area contributed by atoms with Crippen LogP contribution in [0.3, 0.4) is 0 Å². The third kappa shape index (κ3) is 1.81. The lowest BCUT2D eigenvalue weighted by Gasteiger charge is -1.84. The molecule has 17 heavy (non-hydrogen) atoms. The van der Waals surface area contributed by atoms with Crippen LogP contribution in [0.5, 0.6) is 0 Å². The van der Waals surface area contributed by atoms with Crippen LogP contribution in [0.1, 0.15) is 5.01 Å². The van der Waals surface area contributed by atoms with Crippen LogP contribution in [0.4, 0.5) is 0 Å². The number of nitrogens with two attached hydrogens (primary N) is 1. The molecule has 3 N–H and O–H groups in total. The van der Waals surface area contributed by atoms with Gasteiger partial charge in [-0.25, -0.2) is 4.98 Å². The van der Waals surface area contributed by atoms with E-state index in [1.165, 1.54) is 17.5 Å². The first kappa shape index (κ1) is 10.1. The van der Waals surface area contributed by atoms with Gasteiger partial charge in [0.25, 0.3) is 5.89 Å². The zero-order chi connectivity index (χ0) is 11.7. The zero-order valence-electron chi connectivity index (χ0n) is 8.49. The van der Waals surface area contributed by atoms with E-state index >= 15 is 0 Å². The summed E-state index contributed by atoms with van der Waals surface area (Å²) in [6.45, 7) is 0.398. The SMILES string of the molecule is NCc1nc(-c2nc(-c3cn[nH]n3)no2)cs1. The highest BCUT2D eigenvalue weighted by Crippen LogP contribution is 2.22. The quantitative estimate of drug-likeness (QED) is 0.690. The molecule has 0 unspecified atom stereocenters. The van der Waals surface area contributed by atoms with Gasteiger partial charge in [0, 0.05) is 11.9 Å². The average molecular weight is 249 g/mol. The number of rotatable bonds is 3. The Hall–Kier alpha value is -2.13. The Bertz CT molecular complexity index is 613. The molecule has 86 valence electrons. The fraction of sp³-hybridized carbons (Fsp3) is 0.125. The van der Waals surface area contributed by atoms with E-state index in [2.05, 4.69) is 30.5 Å². The van der Waals surface area contributed by atoms with Gasteiger partial charge in [-0.3, -0.25) is 0 Å². The third-order valence-electron chi connectivity index (χ3n) is 2.02. The molecule has 3 aromatic rings. The molecule has 9 heteroatoms. The van der Waals surface area contributed by atoms with Crippen molar-refractivity contribution in [1.29, 1.82) is 0 Å². The van der Waals surface area contributed by atoms with E-state index in [4.69, 9.17) is 10.3 Å². The van der Waals surface area contributed by atoms with E-state index in [-0.39, 0.29) is 0 Å². The molecule has 0 spiro atoms. The van der Waals surface area contributed by atoms with Gasteiger partial charge >= 0.3 is 0 Å². The molecule has 8 nitrogen and oxygen atoms in total. The van der Waals surface area contributed by atoms with Crippen LogP contribution in [0.15, 0.2) is 16.1 Å². The summed E-state index contributed by atoms with van der Waals surface area (Å²) < 4.78 is 5.09. The Balaban J connectivity index is 1.94. The van der Waals surface area contributed by atoms with Crippen LogP contribution in [0, 0.1) is 0 Å². The summed E-state index contributed by atoms with van der Waals surface area (Å²) in [5.41, 5.74) is 6.63. The second kappa shape index (κ2) is 4.03. The molecule has 0 fully saturated rings. The second-order valence-corrected chi connectivity index (χ2v) is 4.05. The predicted molar refractivity (Wildman–Crippen MR) is 58.7 cm³/mol. The molecule has 0 saturated carbocycles. The number of hydrogen-bond donors (Lipinski definition) is 2. The van der Waals surface area contributed by atoms with Crippen LogP contribution in [-0.2, 0) is 6.54 Å². The summed E-state index contributed by atoms with van der Waals surface area (Å²) >= 11 is 1.45. The Morgan fingerprint density at radius 2 is 2.29 bits per heavy atom. The molecule has 0 saturated heterocycles. The highest BCUT2D eigenvalue weighted by Gasteiger charge is 2.14. The van der Waals surface area contributed by atoms with Crippen LogP contribution in [0.25, 0.3) is 23.1 Å². The van der Waals surface area contributed by atoms with Crippen molar-refractivity contribution < 1.29 is 4.52 Å². The van der Waals surface area contributed by atoms with E-state index in [9.17, 15) is 0 Å². The highest BCUT2D eigenvalue weighted by atomic mass is 32.1. The van der Waals surface area contributed by atoms with Crippen molar-refractivity contribution in [2.75, 3.05) is 0 Å². The van der Waals surface area contributed by atoms with Crippen molar-refractivity contribution in [3.63, 3.8) is 0 Å². The summed E-state index contributed by atoms with van der Waals surface area (Å²) in [6, 6.07) is 0. The number of aromatic nitrogens is 6. The number of H-pyrrole nitrogens is 1. The summed E-state index contributed by atoms with van der Waals surface area (Å²) in [5, 5.41) is 16.4. The molecule has 3 aromatic heterocycles. The average Bonchev–Trinajstić information content (AvgIpc) is 3.09. The first-order valence-electron chi connectivity index (χ1n) is 4.71. The summed E-state index contributed by atoms with van der Waals surface area (Å²) in [4.78, 5) is 8.42. The highest BCUT2D eigenvalue weighted by molar-refractivity contribution is 7.09. The van der Waals surface area contributed by atoms with Gasteiger partial charge in [-0.15, -0.1) is 11.3 Å². The van der Waals surface area contributed by atoms with Crippen LogP contribution >= 0.6 is 11.3 Å². The van der Waals surface area contributed by atoms with Gasteiger partial charge in [-0.1, -0.05) is 5.16 Å². The van der Waals surface area contributed by atoms with E-state index in [0.29, 0.717) is 29.6 Å². The molecule has 0 aliphatic heterocycles. The molecule has 3 heterocycles. The van der Waals surface area contributed by atoms with Gasteiger partial charge in [0.05, 0.1) is 6.20 Å². The fourth-order valence-electron chi connectivity index (χ4n) is 1.24. The molecule has 0 atom stereocenters. The maximum Gasteiger partial charge on any atom is 0.277 e. The number of aromatic amines is 1. The van der Waals surface area contributed by atoms with E-state index in [1.54, 1.807) is 0 Å². The molecule has 0 aliphatic rings. The standard InChI is InChI=1S/C8H7N7OS/c9-1-6-11-5(3-17-6)8-12-7(14-16-8)4-2-10-15-13-4/h2-3H,1,9H2,(H,10,13,15). The van der Waals surface area contributed by atoms with Gasteiger partial charge < -0.3 is 10.3 Å². The van der Waals surface area contributed by atoms with Gasteiger partial charge in [-0.05, 0) is 0 Å². The summed E-state index contributed by atoms with van der Waals surface area (Å²) in [6.07, 6.45) is 1.51. The van der Waals surface area contributed by atoms with Gasteiger partial charge in [0.1, 0.15) is 10.7 Å². The third-order valence-corrected chi connectivity index (χ3v) is 2.89. The zero-order valence-corrected chi connectivity index (χ0v) is 9.31. The maximum atomic E-state index is 5.48. The van der Waals surface area contributed by atoms with Crippen LogP contribution in [-0.4, -0.2) is 30.5 Å². The number of nitrogens with one attached hydrogen (secondary N) is 1. The minimum Gasteiger partial charge on any atom is -0.332 e. The Morgan fingerprint density at radius 3 is 3.00 bits per heavy atom. The van der Waals surface area contributed by atoms with Crippen molar-refractivity contribution in [3.8, 4) is 23.1 Å². The number of hydrogen-bond acceptors (Lipinski definition) is 8. The molecule has 0 radical (unpaired) electrons. The lowest BCUT2D eigenvalue weighted by Crippen LogP contribution is -1.94. The van der Waals surface area contributed by atoms with E-state index < -0.39 is 0 Å². The second-order valence-electron chi connectivity index (χ2n) is 3.11. The van der Waals surface area contributed by atoms with Crippen molar-refractivity contribution in [1.82, 2.24) is 30.5 Å². The molecule has 0 aliphatic carbocycles. The minimum atomic E-state index is 0.346. The number of nitrogens with zero attached hydrogens (tertiary/aromatic N) is 5. The molecular weight excluding hydrogens is 242 g/mol. The molecule has 3 rings (SSSR count). The lowest BCUT2D eigenvalue weighted by atomic mass is 10.4. The van der Waals surface area contributed by atoms with Crippen molar-refractivity contribution >= 4 is 11.3 Å². The van der Waals surface area contributed by atoms with Gasteiger partial charge in [-0.2, -0.15) is 20.4 Å². The topological polar surface area (TPSA) is 119 Å². The van der Waals surface area contributed by atoms with E-state index in [0.717, 1.165) is 5.01 Å². The van der Waals surface area contributed by atoms with Crippen molar-refractivity contribution in [2.45, 2.75) is 6.54 Å². The molecule has 0 amide bonds. The summed E-state index contributed by atoms with van der Waals surface area (Å²) in [7, 11) is 0. The first-order chi connectivity index (χ1) is 8.36. The smallest absolute Gasteiger partial charge is 0.277 e. The predicted octanol–water partition coefficient (Wildman–Crippen LogP) is 0.437. The maximum absolute atomic E-state index is 5.48. The normalized spacial score (nSPS) is 10.9. The van der Waals surface area contributed by atoms with Crippen LogP contribution < -0.4 is 5.73 Å². The first-order valence-corrected chi connectivity index (χ1v) is 5.59. The minimum absolute atomic E-state index is 0.346. The summed E-state index contributed by atoms with van der Waals surface area (Å²) in [5.74, 6) is 0.718. The molecule has 0 bridgehead atoms. The monoisotopic (exact) mass is 249 g/mol. The van der Waals surface area contributed by atoms with Crippen molar-refractivity contribution in [3.05, 3.63) is 16.6 Å². The van der Waals surface area contributed by atoms with Gasteiger partial charge in [0.15, 0.2) is 5.69 Å². The Labute approximate surface area is 98.9 Å². The molecule has 0 aromatic carbocycles. The van der Waals surface area contributed by atoms with Crippen LogP contribution in [0.2, 0.25) is 0 Å². The molecular formula is C8H7N7OS. The Morgan fingerprint density at radius 1 is 1.35 bits per heavy atom. The van der Waals surface area contributed by atoms with Crippen molar-refractivity contribution in [2.24, 2.45) is 5.73 Å². The Kier molecular flexibility index (Phi) is 2.38. The number of thiazole rings is 1. The largest absolute Gasteiger partial charge is 0.332 e. The van der Waals surface area contributed by atoms with Gasteiger partial charge in [0.2, 0.25) is 5.82 Å².